The molecule has 1 rings (SSSR count). The number of amides is 1. The van der Waals surface area contributed by atoms with Crippen molar-refractivity contribution in [3.63, 3.8) is 0 Å². The summed E-state index contributed by atoms with van der Waals surface area (Å²) in [5.74, 6) is -0.286. The minimum atomic E-state index is -0.286. The maximum atomic E-state index is 11.4. The van der Waals surface area contributed by atoms with Crippen molar-refractivity contribution in [2.75, 3.05) is 18.5 Å². The largest absolute Gasteiger partial charge is 0.375 e. The van der Waals surface area contributed by atoms with Crippen LogP contribution in [-0.2, 0) is 4.79 Å². The molecule has 1 aromatic rings. The maximum Gasteiger partial charge on any atom is 0.234 e. The molecule has 1 atom stereocenters. The molecule has 1 aromatic carbocycles. The SMILES string of the molecule is Cc1cccc(N(C)CCC(NC(C)C)C(N)=O)c1. The van der Waals surface area contributed by atoms with Crippen LogP contribution in [0.3, 0.4) is 0 Å². The van der Waals surface area contributed by atoms with Gasteiger partial charge in [-0.2, -0.15) is 0 Å². The Morgan fingerprint density at radius 1 is 1.42 bits per heavy atom. The first-order chi connectivity index (χ1) is 8.90. The molecule has 4 nitrogen and oxygen atoms in total. The highest BCUT2D eigenvalue weighted by Crippen LogP contribution is 2.14. The number of primary amides is 1. The summed E-state index contributed by atoms with van der Waals surface area (Å²) >= 11 is 0. The zero-order chi connectivity index (χ0) is 14.4. The summed E-state index contributed by atoms with van der Waals surface area (Å²) in [5, 5.41) is 3.20. The second kappa shape index (κ2) is 7.14. The molecule has 1 unspecified atom stereocenters. The number of benzene rings is 1. The predicted octanol–water partition coefficient (Wildman–Crippen LogP) is 1.67. The second-order valence-electron chi connectivity index (χ2n) is 5.33. The van der Waals surface area contributed by atoms with E-state index in [0.29, 0.717) is 6.42 Å². The molecule has 3 N–H and O–H groups in total. The van der Waals surface area contributed by atoms with Crippen molar-refractivity contribution in [3.8, 4) is 0 Å². The molecule has 0 spiro atoms. The number of aryl methyl sites for hydroxylation is 1. The summed E-state index contributed by atoms with van der Waals surface area (Å²) in [6.45, 7) is 6.89. The van der Waals surface area contributed by atoms with Crippen LogP contribution in [0, 0.1) is 6.92 Å². The van der Waals surface area contributed by atoms with E-state index in [1.165, 1.54) is 5.56 Å². The van der Waals surface area contributed by atoms with Gasteiger partial charge < -0.3 is 16.0 Å². The third-order valence-electron chi connectivity index (χ3n) is 3.07. The lowest BCUT2D eigenvalue weighted by molar-refractivity contribution is -0.120. The van der Waals surface area contributed by atoms with Gasteiger partial charge in [0.25, 0.3) is 0 Å². The van der Waals surface area contributed by atoms with Crippen molar-refractivity contribution < 1.29 is 4.79 Å². The number of hydrogen-bond acceptors (Lipinski definition) is 3. The predicted molar refractivity (Wildman–Crippen MR) is 80.3 cm³/mol. The van der Waals surface area contributed by atoms with Crippen LogP contribution in [0.4, 0.5) is 5.69 Å². The van der Waals surface area contributed by atoms with Gasteiger partial charge in [0.2, 0.25) is 5.91 Å². The molecule has 0 heterocycles. The van der Waals surface area contributed by atoms with Crippen molar-refractivity contribution in [1.82, 2.24) is 5.32 Å². The van der Waals surface area contributed by atoms with Gasteiger partial charge in [0, 0.05) is 25.3 Å². The maximum absolute atomic E-state index is 11.4. The Hall–Kier alpha value is -1.55. The van der Waals surface area contributed by atoms with E-state index in [-0.39, 0.29) is 18.0 Å². The zero-order valence-corrected chi connectivity index (χ0v) is 12.3. The van der Waals surface area contributed by atoms with Gasteiger partial charge in [0.15, 0.2) is 0 Å². The lowest BCUT2D eigenvalue weighted by Crippen LogP contribution is -2.46. The lowest BCUT2D eigenvalue weighted by Gasteiger charge is -2.24. The molecular weight excluding hydrogens is 238 g/mol. The highest BCUT2D eigenvalue weighted by Gasteiger charge is 2.16. The van der Waals surface area contributed by atoms with Crippen LogP contribution in [-0.4, -0.2) is 31.6 Å². The molecule has 1 amide bonds. The first-order valence-corrected chi connectivity index (χ1v) is 6.73. The van der Waals surface area contributed by atoms with E-state index in [1.54, 1.807) is 0 Å². The van der Waals surface area contributed by atoms with Crippen LogP contribution < -0.4 is 16.0 Å². The van der Waals surface area contributed by atoms with Crippen LogP contribution in [0.25, 0.3) is 0 Å². The fourth-order valence-corrected chi connectivity index (χ4v) is 2.03. The Morgan fingerprint density at radius 3 is 2.63 bits per heavy atom. The molecule has 4 heteroatoms. The van der Waals surface area contributed by atoms with Crippen LogP contribution in [0.5, 0.6) is 0 Å². The van der Waals surface area contributed by atoms with Gasteiger partial charge in [-0.15, -0.1) is 0 Å². The lowest BCUT2D eigenvalue weighted by atomic mass is 10.1. The van der Waals surface area contributed by atoms with E-state index in [1.807, 2.05) is 27.0 Å². The molecule has 0 aliphatic carbocycles. The zero-order valence-electron chi connectivity index (χ0n) is 12.3. The molecule has 0 aliphatic heterocycles. The number of hydrogen-bond donors (Lipinski definition) is 2. The number of nitrogens with two attached hydrogens (primary N) is 1. The molecule has 19 heavy (non-hydrogen) atoms. The molecule has 0 fully saturated rings. The van der Waals surface area contributed by atoms with Crippen LogP contribution in [0.1, 0.15) is 25.8 Å². The van der Waals surface area contributed by atoms with Crippen molar-refractivity contribution in [2.24, 2.45) is 5.73 Å². The Morgan fingerprint density at radius 2 is 2.11 bits per heavy atom. The van der Waals surface area contributed by atoms with Gasteiger partial charge in [0.1, 0.15) is 0 Å². The summed E-state index contributed by atoms with van der Waals surface area (Å²) in [6, 6.07) is 8.30. The quantitative estimate of drug-likeness (QED) is 0.787. The monoisotopic (exact) mass is 263 g/mol. The Bertz CT molecular complexity index is 418. The van der Waals surface area contributed by atoms with Crippen LogP contribution in [0.2, 0.25) is 0 Å². The Labute approximate surface area is 116 Å². The van der Waals surface area contributed by atoms with E-state index < -0.39 is 0 Å². The van der Waals surface area contributed by atoms with E-state index in [4.69, 9.17) is 5.73 Å². The number of nitrogens with one attached hydrogen (secondary N) is 1. The number of anilines is 1. The fraction of sp³-hybridized carbons (Fsp3) is 0.533. The van der Waals surface area contributed by atoms with Crippen LogP contribution >= 0.6 is 0 Å². The average Bonchev–Trinajstić information content (AvgIpc) is 2.33. The molecular formula is C15H25N3O. The molecule has 0 saturated heterocycles. The molecule has 0 aromatic heterocycles. The smallest absolute Gasteiger partial charge is 0.234 e. The standard InChI is InChI=1S/C15H25N3O/c1-11(2)17-14(15(16)19)8-9-18(4)13-7-5-6-12(3)10-13/h5-7,10-11,14,17H,8-9H2,1-4H3,(H2,16,19). The van der Waals surface area contributed by atoms with Crippen molar-refractivity contribution in [3.05, 3.63) is 29.8 Å². The van der Waals surface area contributed by atoms with Gasteiger partial charge in [-0.25, -0.2) is 0 Å². The second-order valence-corrected chi connectivity index (χ2v) is 5.33. The number of nitrogens with zero attached hydrogens (tertiary/aromatic N) is 1. The Kier molecular flexibility index (Phi) is 5.83. The van der Waals surface area contributed by atoms with E-state index >= 15 is 0 Å². The normalized spacial score (nSPS) is 12.5. The van der Waals surface area contributed by atoms with E-state index in [9.17, 15) is 4.79 Å². The van der Waals surface area contributed by atoms with Gasteiger partial charge in [-0.1, -0.05) is 26.0 Å². The molecule has 0 radical (unpaired) electrons. The van der Waals surface area contributed by atoms with Gasteiger partial charge in [-0.3, -0.25) is 4.79 Å². The van der Waals surface area contributed by atoms with Crippen molar-refractivity contribution >= 4 is 11.6 Å². The van der Waals surface area contributed by atoms with Crippen LogP contribution in [0.15, 0.2) is 24.3 Å². The van der Waals surface area contributed by atoms with E-state index in [0.717, 1.165) is 12.2 Å². The summed E-state index contributed by atoms with van der Waals surface area (Å²) in [7, 11) is 2.03. The van der Waals surface area contributed by atoms with Crippen molar-refractivity contribution in [1.29, 1.82) is 0 Å². The summed E-state index contributed by atoms with van der Waals surface area (Å²) in [5.41, 5.74) is 7.81. The number of rotatable bonds is 7. The highest BCUT2D eigenvalue weighted by atomic mass is 16.1. The third-order valence-corrected chi connectivity index (χ3v) is 3.07. The third kappa shape index (κ3) is 5.30. The summed E-state index contributed by atoms with van der Waals surface area (Å²) in [4.78, 5) is 13.5. The molecule has 106 valence electrons. The van der Waals surface area contributed by atoms with Crippen molar-refractivity contribution in [2.45, 2.75) is 39.3 Å². The topological polar surface area (TPSA) is 58.4 Å². The Balaban J connectivity index is 2.56. The first kappa shape index (κ1) is 15.5. The van der Waals surface area contributed by atoms with E-state index in [2.05, 4.69) is 35.3 Å². The summed E-state index contributed by atoms with van der Waals surface area (Å²) in [6.07, 6.45) is 0.706. The van der Waals surface area contributed by atoms with Gasteiger partial charge in [0.05, 0.1) is 6.04 Å². The minimum absolute atomic E-state index is 0.252. The minimum Gasteiger partial charge on any atom is -0.375 e. The average molecular weight is 263 g/mol. The molecule has 0 aliphatic rings. The highest BCUT2D eigenvalue weighted by molar-refractivity contribution is 5.79. The van der Waals surface area contributed by atoms with Gasteiger partial charge >= 0.3 is 0 Å². The fourth-order valence-electron chi connectivity index (χ4n) is 2.03. The molecule has 0 saturated carbocycles. The summed E-state index contributed by atoms with van der Waals surface area (Å²) < 4.78 is 0. The first-order valence-electron chi connectivity index (χ1n) is 6.73. The van der Waals surface area contributed by atoms with Gasteiger partial charge in [-0.05, 0) is 31.0 Å². The number of carbonyl (C=O) groups excluding carboxylic acids is 1. The molecule has 0 bridgehead atoms. The number of carbonyl (C=O) groups is 1.